The third-order valence-corrected chi connectivity index (χ3v) is 5.25. The van der Waals surface area contributed by atoms with Crippen molar-refractivity contribution in [2.24, 2.45) is 0 Å². The molecule has 3 aromatic rings. The van der Waals surface area contributed by atoms with Crippen LogP contribution in [-0.2, 0) is 16.0 Å². The number of fused-ring (bicyclic) bond motifs is 1. The smallest absolute Gasteiger partial charge is 0.414 e. The number of hydrogen-bond acceptors (Lipinski definition) is 6. The molecule has 0 aliphatic rings. The highest BCUT2D eigenvalue weighted by Crippen LogP contribution is 2.27. The molecule has 0 aliphatic carbocycles. The molecule has 32 heavy (non-hydrogen) atoms. The van der Waals surface area contributed by atoms with Crippen LogP contribution in [0.5, 0.6) is 0 Å². The predicted octanol–water partition coefficient (Wildman–Crippen LogP) is 4.91. The summed E-state index contributed by atoms with van der Waals surface area (Å²) in [5, 5.41) is 0.486. The third-order valence-electron chi connectivity index (χ3n) is 4.90. The molecule has 1 amide bonds. The van der Waals surface area contributed by atoms with Crippen molar-refractivity contribution < 1.29 is 19.1 Å². The fourth-order valence-electron chi connectivity index (χ4n) is 3.23. The molecule has 3 rings (SSSR count). The molecule has 0 saturated heterocycles. The fourth-order valence-corrected chi connectivity index (χ4v) is 3.46. The highest BCUT2D eigenvalue weighted by atomic mass is 35.5. The van der Waals surface area contributed by atoms with Gasteiger partial charge in [0.25, 0.3) is 0 Å². The first-order chi connectivity index (χ1) is 14.9. The summed E-state index contributed by atoms with van der Waals surface area (Å²) in [6, 6.07) is 7.03. The van der Waals surface area contributed by atoms with E-state index in [0.717, 1.165) is 17.0 Å². The van der Waals surface area contributed by atoms with Crippen LogP contribution in [-0.4, -0.2) is 46.4 Å². The van der Waals surface area contributed by atoms with Crippen LogP contribution >= 0.6 is 11.6 Å². The van der Waals surface area contributed by atoms with E-state index in [-0.39, 0.29) is 5.69 Å². The van der Waals surface area contributed by atoms with Crippen LogP contribution in [0.15, 0.2) is 24.3 Å². The van der Waals surface area contributed by atoms with E-state index in [2.05, 4.69) is 9.97 Å². The number of rotatable bonds is 4. The molecule has 0 unspecified atom stereocenters. The standard InChI is InChI=1S/C23H27ClN4O4/c1-13-10-18(21(29)31-7)26-20-19(13)25-14(2)28(20)12-15-8-9-16(11-17(15)24)27(6)22(30)32-23(3,4)5/h8-11H,12H2,1-7H3. The van der Waals surface area contributed by atoms with Gasteiger partial charge in [-0.25, -0.2) is 19.6 Å². The topological polar surface area (TPSA) is 86.6 Å². The number of anilines is 1. The number of hydrogen-bond donors (Lipinski definition) is 0. The number of esters is 1. The second-order valence-corrected chi connectivity index (χ2v) is 8.96. The van der Waals surface area contributed by atoms with Gasteiger partial charge in [-0.1, -0.05) is 17.7 Å². The number of pyridine rings is 1. The van der Waals surface area contributed by atoms with Crippen LogP contribution in [0.25, 0.3) is 11.2 Å². The van der Waals surface area contributed by atoms with Gasteiger partial charge in [0.2, 0.25) is 0 Å². The number of carbonyl (C=O) groups is 2. The summed E-state index contributed by atoms with van der Waals surface area (Å²) in [4.78, 5) is 34.8. The lowest BCUT2D eigenvalue weighted by molar-refractivity contribution is 0.0582. The largest absolute Gasteiger partial charge is 0.464 e. The fraction of sp³-hybridized carbons (Fsp3) is 0.391. The van der Waals surface area contributed by atoms with Crippen molar-refractivity contribution in [1.29, 1.82) is 0 Å². The maximum absolute atomic E-state index is 12.3. The molecule has 2 aromatic heterocycles. The lowest BCUT2D eigenvalue weighted by Gasteiger charge is -2.25. The van der Waals surface area contributed by atoms with Gasteiger partial charge in [0.15, 0.2) is 11.3 Å². The van der Waals surface area contributed by atoms with Crippen LogP contribution in [0.2, 0.25) is 5.02 Å². The first kappa shape index (κ1) is 23.5. The number of aryl methyl sites for hydroxylation is 2. The number of halogens is 1. The molecule has 0 radical (unpaired) electrons. The summed E-state index contributed by atoms with van der Waals surface area (Å²) in [7, 11) is 2.95. The van der Waals surface area contributed by atoms with Crippen molar-refractivity contribution in [2.45, 2.75) is 46.8 Å². The highest BCUT2D eigenvalue weighted by molar-refractivity contribution is 6.31. The predicted molar refractivity (Wildman–Crippen MR) is 124 cm³/mol. The molecule has 0 aliphatic heterocycles. The lowest BCUT2D eigenvalue weighted by Crippen LogP contribution is -2.34. The Hall–Kier alpha value is -3.13. The summed E-state index contributed by atoms with van der Waals surface area (Å²) >= 11 is 6.56. The summed E-state index contributed by atoms with van der Waals surface area (Å²) in [5.41, 5.74) is 3.18. The van der Waals surface area contributed by atoms with E-state index in [1.807, 2.05) is 45.3 Å². The maximum atomic E-state index is 12.3. The minimum atomic E-state index is -0.594. The second-order valence-electron chi connectivity index (χ2n) is 8.55. The Morgan fingerprint density at radius 2 is 1.84 bits per heavy atom. The van der Waals surface area contributed by atoms with Gasteiger partial charge in [0.1, 0.15) is 16.9 Å². The monoisotopic (exact) mass is 458 g/mol. The normalized spacial score (nSPS) is 11.5. The molecule has 0 atom stereocenters. The molecular weight excluding hydrogens is 432 g/mol. The van der Waals surface area contributed by atoms with Crippen LogP contribution < -0.4 is 4.90 Å². The number of aromatic nitrogens is 3. The molecule has 9 heteroatoms. The molecule has 170 valence electrons. The second kappa shape index (κ2) is 8.78. The average Bonchev–Trinajstić information content (AvgIpc) is 3.02. The van der Waals surface area contributed by atoms with Crippen molar-refractivity contribution in [3.63, 3.8) is 0 Å². The van der Waals surface area contributed by atoms with Crippen molar-refractivity contribution in [1.82, 2.24) is 14.5 Å². The van der Waals surface area contributed by atoms with E-state index in [9.17, 15) is 9.59 Å². The van der Waals surface area contributed by atoms with Gasteiger partial charge >= 0.3 is 12.1 Å². The van der Waals surface area contributed by atoms with Crippen molar-refractivity contribution in [3.05, 3.63) is 51.9 Å². The van der Waals surface area contributed by atoms with Crippen molar-refractivity contribution >= 4 is 40.5 Å². The number of amides is 1. The van der Waals surface area contributed by atoms with E-state index in [1.54, 1.807) is 25.2 Å². The Kier molecular flexibility index (Phi) is 6.46. The quantitative estimate of drug-likeness (QED) is 0.516. The molecule has 0 bridgehead atoms. The van der Waals surface area contributed by atoms with Gasteiger partial charge in [-0.3, -0.25) is 4.90 Å². The lowest BCUT2D eigenvalue weighted by atomic mass is 10.2. The molecule has 0 fully saturated rings. The van der Waals surface area contributed by atoms with Gasteiger partial charge in [0, 0.05) is 17.8 Å². The number of nitrogens with zero attached hydrogens (tertiary/aromatic N) is 4. The maximum Gasteiger partial charge on any atom is 0.414 e. The number of ether oxygens (including phenoxy) is 2. The molecular formula is C23H27ClN4O4. The average molecular weight is 459 g/mol. The summed E-state index contributed by atoms with van der Waals surface area (Å²) < 4.78 is 12.1. The van der Waals surface area contributed by atoms with Gasteiger partial charge < -0.3 is 14.0 Å². The van der Waals surface area contributed by atoms with Crippen LogP contribution in [0, 0.1) is 13.8 Å². The minimum Gasteiger partial charge on any atom is -0.464 e. The minimum absolute atomic E-state index is 0.221. The zero-order valence-electron chi connectivity index (χ0n) is 19.3. The number of carbonyl (C=O) groups excluding carboxylic acids is 2. The Morgan fingerprint density at radius 3 is 2.44 bits per heavy atom. The zero-order valence-corrected chi connectivity index (χ0v) is 20.1. The molecule has 1 aromatic carbocycles. The Bertz CT molecular complexity index is 1200. The van der Waals surface area contributed by atoms with E-state index in [0.29, 0.717) is 28.4 Å². The molecule has 8 nitrogen and oxygen atoms in total. The van der Waals surface area contributed by atoms with Crippen LogP contribution in [0.3, 0.4) is 0 Å². The van der Waals surface area contributed by atoms with Gasteiger partial charge in [-0.15, -0.1) is 0 Å². The number of methoxy groups -OCH3 is 1. The highest BCUT2D eigenvalue weighted by Gasteiger charge is 2.22. The third kappa shape index (κ3) is 4.85. The Balaban J connectivity index is 1.94. The number of benzene rings is 1. The molecule has 0 saturated carbocycles. The summed E-state index contributed by atoms with van der Waals surface area (Å²) in [6.45, 7) is 9.59. The SMILES string of the molecule is COC(=O)c1cc(C)c2nc(C)n(Cc3ccc(N(C)C(=O)OC(C)(C)C)cc3Cl)c2n1. The van der Waals surface area contributed by atoms with Gasteiger partial charge in [0.05, 0.1) is 13.7 Å². The van der Waals surface area contributed by atoms with E-state index < -0.39 is 17.7 Å². The van der Waals surface area contributed by atoms with E-state index >= 15 is 0 Å². The molecule has 0 N–H and O–H groups in total. The first-order valence-electron chi connectivity index (χ1n) is 10.1. The van der Waals surface area contributed by atoms with E-state index in [1.165, 1.54) is 12.0 Å². The molecule has 2 heterocycles. The van der Waals surface area contributed by atoms with Crippen LogP contribution in [0.1, 0.15) is 48.2 Å². The Labute approximate surface area is 192 Å². The molecule has 0 spiro atoms. The summed E-state index contributed by atoms with van der Waals surface area (Å²) in [6.07, 6.45) is -0.465. The zero-order chi connectivity index (χ0) is 23.8. The Morgan fingerprint density at radius 1 is 1.16 bits per heavy atom. The van der Waals surface area contributed by atoms with E-state index in [4.69, 9.17) is 21.1 Å². The van der Waals surface area contributed by atoms with Crippen molar-refractivity contribution in [3.8, 4) is 0 Å². The van der Waals surface area contributed by atoms with Crippen molar-refractivity contribution in [2.75, 3.05) is 19.1 Å². The van der Waals surface area contributed by atoms with Gasteiger partial charge in [-0.05, 0) is 63.9 Å². The summed E-state index contributed by atoms with van der Waals surface area (Å²) in [5.74, 6) is 0.233. The van der Waals surface area contributed by atoms with Gasteiger partial charge in [-0.2, -0.15) is 0 Å². The van der Waals surface area contributed by atoms with Crippen LogP contribution in [0.4, 0.5) is 10.5 Å². The first-order valence-corrected chi connectivity index (χ1v) is 10.5. The number of imidazole rings is 1.